The second kappa shape index (κ2) is 12.1. The number of carbonyl (C=O) groups is 1. The number of rotatable bonds is 10. The van der Waals surface area contributed by atoms with Gasteiger partial charge in [-0.05, 0) is 60.9 Å². The number of benzene rings is 3. The minimum Gasteiger partial charge on any atom is -0.482 e. The topological polar surface area (TPSA) is 57.1 Å². The molecule has 0 bridgehead atoms. The molecule has 0 fully saturated rings. The van der Waals surface area contributed by atoms with Crippen molar-refractivity contribution >= 4 is 11.7 Å². The van der Waals surface area contributed by atoms with Gasteiger partial charge < -0.3 is 14.3 Å². The van der Waals surface area contributed by atoms with Crippen molar-refractivity contribution in [3.63, 3.8) is 0 Å². The number of carbonyl (C=O) groups excluding carboxylic acids is 1. The highest BCUT2D eigenvalue weighted by Gasteiger charge is 2.29. The fourth-order valence-corrected chi connectivity index (χ4v) is 3.28. The Morgan fingerprint density at radius 1 is 0.943 bits per heavy atom. The highest BCUT2D eigenvalue weighted by molar-refractivity contribution is 6.01. The van der Waals surface area contributed by atoms with E-state index in [-0.39, 0.29) is 19.8 Å². The molecule has 0 aliphatic rings. The van der Waals surface area contributed by atoms with Gasteiger partial charge in [0.2, 0.25) is 0 Å². The lowest BCUT2D eigenvalue weighted by Crippen LogP contribution is -2.15. The first-order chi connectivity index (χ1) is 16.8. The molecule has 0 saturated carbocycles. The zero-order valence-corrected chi connectivity index (χ0v) is 19.5. The van der Waals surface area contributed by atoms with Gasteiger partial charge in [-0.2, -0.15) is 13.2 Å². The Morgan fingerprint density at radius 2 is 1.66 bits per heavy atom. The minimum atomic E-state index is -4.38. The van der Waals surface area contributed by atoms with Crippen LogP contribution in [-0.2, 0) is 33.6 Å². The minimum absolute atomic E-state index is 0.0240. The van der Waals surface area contributed by atoms with Gasteiger partial charge in [-0.15, -0.1) is 0 Å². The zero-order valence-electron chi connectivity index (χ0n) is 19.5. The molecule has 0 amide bonds. The molecule has 3 aromatic rings. The molecule has 184 valence electrons. The number of esters is 1. The monoisotopic (exact) mass is 485 g/mol. The van der Waals surface area contributed by atoms with Crippen molar-refractivity contribution in [3.8, 4) is 5.75 Å². The summed E-state index contributed by atoms with van der Waals surface area (Å²) in [5.74, 6) is 0.102. The van der Waals surface area contributed by atoms with Crippen molar-refractivity contribution in [2.24, 2.45) is 5.16 Å². The highest BCUT2D eigenvalue weighted by atomic mass is 19.4. The summed E-state index contributed by atoms with van der Waals surface area (Å²) in [5, 5.41) is 4.30. The van der Waals surface area contributed by atoms with E-state index in [0.717, 1.165) is 28.8 Å². The largest absolute Gasteiger partial charge is 0.482 e. The Hall–Kier alpha value is -3.81. The third kappa shape index (κ3) is 7.88. The van der Waals surface area contributed by atoms with Gasteiger partial charge in [0.05, 0.1) is 17.9 Å². The molecule has 0 heterocycles. The van der Waals surface area contributed by atoms with Crippen LogP contribution in [0.5, 0.6) is 5.75 Å². The quantitative estimate of drug-likeness (QED) is 0.197. The predicted octanol–water partition coefficient (Wildman–Crippen LogP) is 6.12. The maximum absolute atomic E-state index is 12.8. The van der Waals surface area contributed by atoms with Crippen LogP contribution in [0.2, 0.25) is 0 Å². The summed E-state index contributed by atoms with van der Waals surface area (Å²) >= 11 is 0. The van der Waals surface area contributed by atoms with Crippen molar-refractivity contribution in [2.75, 3.05) is 13.2 Å². The standard InChI is InChI=1S/C27H26F3NO4/c1-3-33-26(32)18-34-25-14-11-22(15-19(25)2)24(16-20-7-5-4-6-8-20)31-35-17-21-9-12-23(13-10-21)27(28,29)30/h4-15H,3,16-18H2,1-2H3/b31-24+. The van der Waals surface area contributed by atoms with Crippen LogP contribution in [0.25, 0.3) is 0 Å². The molecule has 0 N–H and O–H groups in total. The van der Waals surface area contributed by atoms with Crippen molar-refractivity contribution < 1.29 is 32.3 Å². The normalized spacial score (nSPS) is 11.7. The SMILES string of the molecule is CCOC(=O)COc1ccc(/C(Cc2ccccc2)=N/OCc2ccc(C(F)(F)F)cc2)cc1C. The van der Waals surface area contributed by atoms with Crippen LogP contribution in [0.15, 0.2) is 78.0 Å². The summed E-state index contributed by atoms with van der Waals surface area (Å²) < 4.78 is 48.7. The van der Waals surface area contributed by atoms with Gasteiger partial charge in [-0.1, -0.05) is 47.6 Å². The van der Waals surface area contributed by atoms with Crippen LogP contribution in [0.4, 0.5) is 13.2 Å². The van der Waals surface area contributed by atoms with E-state index in [1.807, 2.05) is 49.4 Å². The Morgan fingerprint density at radius 3 is 2.29 bits per heavy atom. The summed E-state index contributed by atoms with van der Waals surface area (Å²) in [6.07, 6.45) is -3.90. The lowest BCUT2D eigenvalue weighted by atomic mass is 10.0. The maximum Gasteiger partial charge on any atom is 0.416 e. The van der Waals surface area contributed by atoms with Gasteiger partial charge in [-0.3, -0.25) is 0 Å². The van der Waals surface area contributed by atoms with E-state index in [0.29, 0.717) is 23.4 Å². The fraction of sp³-hybridized carbons (Fsp3) is 0.259. The Balaban J connectivity index is 1.76. The molecule has 0 spiro atoms. The molecule has 5 nitrogen and oxygen atoms in total. The Bertz CT molecular complexity index is 1140. The van der Waals surface area contributed by atoms with Crippen LogP contribution in [0.1, 0.15) is 34.7 Å². The number of ether oxygens (including phenoxy) is 2. The van der Waals surface area contributed by atoms with Crippen LogP contribution in [0, 0.1) is 6.92 Å². The third-order valence-corrected chi connectivity index (χ3v) is 5.06. The molecule has 8 heteroatoms. The van der Waals surface area contributed by atoms with Gasteiger partial charge in [0.15, 0.2) is 6.61 Å². The molecule has 0 atom stereocenters. The second-order valence-electron chi connectivity index (χ2n) is 7.74. The molecule has 0 saturated heterocycles. The van der Waals surface area contributed by atoms with E-state index in [1.54, 1.807) is 13.0 Å². The summed E-state index contributed by atoms with van der Waals surface area (Å²) in [7, 11) is 0. The number of hydrogen-bond donors (Lipinski definition) is 0. The average molecular weight is 486 g/mol. The number of halogens is 3. The number of hydrogen-bond acceptors (Lipinski definition) is 5. The number of nitrogens with zero attached hydrogens (tertiary/aromatic N) is 1. The highest BCUT2D eigenvalue weighted by Crippen LogP contribution is 2.29. The molecule has 3 aromatic carbocycles. The molecule has 0 aromatic heterocycles. The molecular formula is C27H26F3NO4. The van der Waals surface area contributed by atoms with E-state index >= 15 is 0 Å². The molecule has 0 unspecified atom stereocenters. The molecule has 0 aliphatic heterocycles. The van der Waals surface area contributed by atoms with Gasteiger partial charge in [0, 0.05) is 12.0 Å². The first-order valence-electron chi connectivity index (χ1n) is 11.0. The lowest BCUT2D eigenvalue weighted by Gasteiger charge is -2.12. The van der Waals surface area contributed by atoms with Gasteiger partial charge >= 0.3 is 12.1 Å². The first kappa shape index (κ1) is 25.8. The van der Waals surface area contributed by atoms with Crippen molar-refractivity contribution in [1.82, 2.24) is 0 Å². The van der Waals surface area contributed by atoms with Gasteiger partial charge in [-0.25, -0.2) is 4.79 Å². The Labute approximate surface area is 202 Å². The Kier molecular flexibility index (Phi) is 8.89. The van der Waals surface area contributed by atoms with E-state index in [9.17, 15) is 18.0 Å². The van der Waals surface area contributed by atoms with Crippen LogP contribution >= 0.6 is 0 Å². The van der Waals surface area contributed by atoms with Gasteiger partial charge in [0.25, 0.3) is 0 Å². The number of oxime groups is 1. The lowest BCUT2D eigenvalue weighted by molar-refractivity contribution is -0.145. The fourth-order valence-electron chi connectivity index (χ4n) is 3.28. The predicted molar refractivity (Wildman–Crippen MR) is 126 cm³/mol. The van der Waals surface area contributed by atoms with E-state index < -0.39 is 17.7 Å². The summed E-state index contributed by atoms with van der Waals surface area (Å²) in [6, 6.07) is 19.9. The first-order valence-corrected chi connectivity index (χ1v) is 11.0. The van der Waals surface area contributed by atoms with Crippen molar-refractivity contribution in [1.29, 1.82) is 0 Å². The van der Waals surface area contributed by atoms with Gasteiger partial charge in [0.1, 0.15) is 12.4 Å². The molecular weight excluding hydrogens is 459 g/mol. The summed E-state index contributed by atoms with van der Waals surface area (Å²) in [5.41, 5.74) is 3.11. The third-order valence-electron chi connectivity index (χ3n) is 5.06. The van der Waals surface area contributed by atoms with Crippen LogP contribution in [0.3, 0.4) is 0 Å². The molecule has 3 rings (SSSR count). The zero-order chi connectivity index (χ0) is 25.3. The molecule has 0 aliphatic carbocycles. The maximum atomic E-state index is 12.8. The van der Waals surface area contributed by atoms with Crippen molar-refractivity contribution in [3.05, 3.63) is 101 Å². The number of alkyl halides is 3. The molecule has 0 radical (unpaired) electrons. The summed E-state index contributed by atoms with van der Waals surface area (Å²) in [4.78, 5) is 17.1. The van der Waals surface area contributed by atoms with E-state index in [1.165, 1.54) is 12.1 Å². The summed E-state index contributed by atoms with van der Waals surface area (Å²) in [6.45, 7) is 3.70. The number of aryl methyl sites for hydroxylation is 1. The van der Waals surface area contributed by atoms with E-state index in [4.69, 9.17) is 14.3 Å². The van der Waals surface area contributed by atoms with Crippen LogP contribution < -0.4 is 4.74 Å². The second-order valence-corrected chi connectivity index (χ2v) is 7.74. The van der Waals surface area contributed by atoms with Crippen LogP contribution in [-0.4, -0.2) is 24.9 Å². The average Bonchev–Trinajstić information content (AvgIpc) is 2.83. The van der Waals surface area contributed by atoms with E-state index in [2.05, 4.69) is 5.16 Å². The smallest absolute Gasteiger partial charge is 0.416 e. The molecule has 35 heavy (non-hydrogen) atoms. The van der Waals surface area contributed by atoms with Crippen molar-refractivity contribution in [2.45, 2.75) is 33.1 Å².